The molecule has 0 atom stereocenters. The Morgan fingerprint density at radius 2 is 1.79 bits per heavy atom. The predicted molar refractivity (Wildman–Crippen MR) is 102 cm³/mol. The summed E-state index contributed by atoms with van der Waals surface area (Å²) in [5, 5.41) is 5.25. The molecule has 142 valence electrons. The van der Waals surface area contributed by atoms with Gasteiger partial charge < -0.3 is 15.4 Å². The molecule has 1 heterocycles. The first-order valence-electron chi connectivity index (χ1n) is 8.40. The summed E-state index contributed by atoms with van der Waals surface area (Å²) in [5.41, 5.74) is 0.883. The molecule has 0 unspecified atom stereocenters. The van der Waals surface area contributed by atoms with Crippen molar-refractivity contribution in [2.45, 2.75) is 13.3 Å². The first kappa shape index (κ1) is 19.0. The lowest BCUT2D eigenvalue weighted by Crippen LogP contribution is -2.15. The molecule has 1 aromatic heterocycles. The molecule has 3 aromatic rings. The fourth-order valence-electron chi connectivity index (χ4n) is 2.39. The van der Waals surface area contributed by atoms with Crippen LogP contribution in [-0.4, -0.2) is 21.8 Å². The molecule has 2 amide bonds. The summed E-state index contributed by atoms with van der Waals surface area (Å²) in [7, 11) is 0. The van der Waals surface area contributed by atoms with E-state index in [9.17, 15) is 14.0 Å². The van der Waals surface area contributed by atoms with Crippen LogP contribution in [0.4, 0.5) is 15.9 Å². The lowest BCUT2D eigenvalue weighted by Gasteiger charge is -2.09. The molecule has 0 bridgehead atoms. The zero-order valence-corrected chi connectivity index (χ0v) is 15.0. The SMILES string of the molecule is CC(=O)Nc1cc(Oc2ccc(NC(=O)Cc3ccccc3F)cc2)ncn1. The third kappa shape index (κ3) is 5.34. The van der Waals surface area contributed by atoms with E-state index in [1.807, 2.05) is 0 Å². The average Bonchev–Trinajstić information content (AvgIpc) is 2.65. The minimum absolute atomic E-state index is 0.0578. The molecule has 0 spiro atoms. The molecule has 28 heavy (non-hydrogen) atoms. The Morgan fingerprint density at radius 3 is 2.50 bits per heavy atom. The predicted octanol–water partition coefficient (Wildman–Crippen LogP) is 3.55. The van der Waals surface area contributed by atoms with Crippen molar-refractivity contribution < 1.29 is 18.7 Å². The van der Waals surface area contributed by atoms with Gasteiger partial charge in [0.1, 0.15) is 23.7 Å². The van der Waals surface area contributed by atoms with Crippen LogP contribution in [0.25, 0.3) is 0 Å². The van der Waals surface area contributed by atoms with Gasteiger partial charge in [-0.2, -0.15) is 0 Å². The van der Waals surface area contributed by atoms with Crippen LogP contribution in [0.3, 0.4) is 0 Å². The topological polar surface area (TPSA) is 93.2 Å². The molecular formula is C20H17FN4O3. The molecule has 0 fully saturated rings. The van der Waals surface area contributed by atoms with Gasteiger partial charge in [-0.3, -0.25) is 9.59 Å². The van der Waals surface area contributed by atoms with Gasteiger partial charge in [0.25, 0.3) is 0 Å². The molecular weight excluding hydrogens is 363 g/mol. The van der Waals surface area contributed by atoms with Crippen LogP contribution in [-0.2, 0) is 16.0 Å². The summed E-state index contributed by atoms with van der Waals surface area (Å²) >= 11 is 0. The van der Waals surface area contributed by atoms with Crippen LogP contribution in [0.1, 0.15) is 12.5 Å². The molecule has 2 aromatic carbocycles. The number of aromatic nitrogens is 2. The minimum Gasteiger partial charge on any atom is -0.439 e. The van der Waals surface area contributed by atoms with Gasteiger partial charge in [0.15, 0.2) is 0 Å². The van der Waals surface area contributed by atoms with Gasteiger partial charge in [-0.1, -0.05) is 18.2 Å². The normalized spacial score (nSPS) is 10.2. The maximum Gasteiger partial charge on any atom is 0.228 e. The number of rotatable bonds is 6. The Balaban J connectivity index is 1.60. The van der Waals surface area contributed by atoms with Gasteiger partial charge in [0, 0.05) is 18.7 Å². The number of carbonyl (C=O) groups is 2. The Kier molecular flexibility index (Phi) is 5.91. The van der Waals surface area contributed by atoms with E-state index < -0.39 is 5.82 Å². The number of carbonyl (C=O) groups excluding carboxylic acids is 2. The van der Waals surface area contributed by atoms with Gasteiger partial charge >= 0.3 is 0 Å². The molecule has 0 radical (unpaired) electrons. The van der Waals surface area contributed by atoms with Crippen molar-refractivity contribution in [1.82, 2.24) is 9.97 Å². The van der Waals surface area contributed by atoms with Crippen LogP contribution in [0.2, 0.25) is 0 Å². The minimum atomic E-state index is -0.412. The lowest BCUT2D eigenvalue weighted by molar-refractivity contribution is -0.116. The van der Waals surface area contributed by atoms with Gasteiger partial charge in [0.05, 0.1) is 6.42 Å². The fourth-order valence-corrected chi connectivity index (χ4v) is 2.39. The summed E-state index contributed by atoms with van der Waals surface area (Å²) in [6, 6.07) is 14.3. The average molecular weight is 380 g/mol. The van der Waals surface area contributed by atoms with Crippen LogP contribution >= 0.6 is 0 Å². The smallest absolute Gasteiger partial charge is 0.228 e. The Labute approximate surface area is 160 Å². The molecule has 8 heteroatoms. The highest BCUT2D eigenvalue weighted by molar-refractivity contribution is 5.92. The highest BCUT2D eigenvalue weighted by atomic mass is 19.1. The molecule has 2 N–H and O–H groups in total. The third-order valence-electron chi connectivity index (χ3n) is 3.62. The van der Waals surface area contributed by atoms with Crippen LogP contribution < -0.4 is 15.4 Å². The monoisotopic (exact) mass is 380 g/mol. The number of amides is 2. The van der Waals surface area contributed by atoms with E-state index in [0.29, 0.717) is 22.8 Å². The van der Waals surface area contributed by atoms with Crippen molar-refractivity contribution in [2.24, 2.45) is 0 Å². The first-order chi connectivity index (χ1) is 13.5. The van der Waals surface area contributed by atoms with E-state index in [4.69, 9.17) is 4.74 Å². The summed E-state index contributed by atoms with van der Waals surface area (Å²) in [4.78, 5) is 31.0. The molecule has 7 nitrogen and oxygen atoms in total. The highest BCUT2D eigenvalue weighted by Gasteiger charge is 2.08. The quantitative estimate of drug-likeness (QED) is 0.682. The van der Waals surface area contributed by atoms with E-state index in [2.05, 4.69) is 20.6 Å². The van der Waals surface area contributed by atoms with Gasteiger partial charge in [0.2, 0.25) is 17.7 Å². The summed E-state index contributed by atoms with van der Waals surface area (Å²) in [5.74, 6) is 0.0868. The number of hydrogen-bond donors (Lipinski definition) is 2. The molecule has 0 aliphatic heterocycles. The summed E-state index contributed by atoms with van der Waals surface area (Å²) in [6.45, 7) is 1.38. The van der Waals surface area contributed by atoms with Crippen molar-refractivity contribution in [3.63, 3.8) is 0 Å². The maximum absolute atomic E-state index is 13.6. The van der Waals surface area contributed by atoms with E-state index >= 15 is 0 Å². The Hall–Kier alpha value is -3.81. The van der Waals surface area contributed by atoms with Crippen LogP contribution in [0.15, 0.2) is 60.9 Å². The van der Waals surface area contributed by atoms with Crippen molar-refractivity contribution >= 4 is 23.3 Å². The lowest BCUT2D eigenvalue weighted by atomic mass is 10.1. The molecule has 0 saturated carbocycles. The summed E-state index contributed by atoms with van der Waals surface area (Å²) in [6.07, 6.45) is 1.22. The number of halogens is 1. The highest BCUT2D eigenvalue weighted by Crippen LogP contribution is 2.22. The van der Waals surface area contributed by atoms with Crippen molar-refractivity contribution in [2.75, 3.05) is 10.6 Å². The van der Waals surface area contributed by atoms with E-state index in [0.717, 1.165) is 0 Å². The largest absolute Gasteiger partial charge is 0.439 e. The number of nitrogens with zero attached hydrogens (tertiary/aromatic N) is 2. The second-order valence-corrected chi connectivity index (χ2v) is 5.87. The molecule has 0 aliphatic carbocycles. The van der Waals surface area contributed by atoms with Gasteiger partial charge in [-0.05, 0) is 35.9 Å². The standard InChI is InChI=1S/C20H17FN4O3/c1-13(26)24-18-11-20(23-12-22-18)28-16-8-6-15(7-9-16)25-19(27)10-14-4-2-3-5-17(14)21/h2-9,11-12H,10H2,1H3,(H,25,27)(H,22,23,24,26). The number of benzene rings is 2. The molecule has 3 rings (SSSR count). The van der Waals surface area contributed by atoms with Gasteiger partial charge in [-0.15, -0.1) is 0 Å². The second-order valence-electron chi connectivity index (χ2n) is 5.87. The number of hydrogen-bond acceptors (Lipinski definition) is 5. The van der Waals surface area contributed by atoms with Crippen molar-refractivity contribution in [3.8, 4) is 11.6 Å². The molecule has 0 aliphatic rings. The first-order valence-corrected chi connectivity index (χ1v) is 8.40. The molecule has 0 saturated heterocycles. The van der Waals surface area contributed by atoms with E-state index in [-0.39, 0.29) is 24.1 Å². The number of nitrogens with one attached hydrogen (secondary N) is 2. The Morgan fingerprint density at radius 1 is 1.04 bits per heavy atom. The van der Waals surface area contributed by atoms with E-state index in [1.165, 1.54) is 25.4 Å². The van der Waals surface area contributed by atoms with Gasteiger partial charge in [-0.25, -0.2) is 14.4 Å². The zero-order valence-electron chi connectivity index (χ0n) is 15.0. The number of ether oxygens (including phenoxy) is 1. The van der Waals surface area contributed by atoms with Crippen molar-refractivity contribution in [1.29, 1.82) is 0 Å². The van der Waals surface area contributed by atoms with Crippen LogP contribution in [0.5, 0.6) is 11.6 Å². The maximum atomic E-state index is 13.6. The van der Waals surface area contributed by atoms with Crippen LogP contribution in [0, 0.1) is 5.82 Å². The fraction of sp³-hybridized carbons (Fsp3) is 0.100. The third-order valence-corrected chi connectivity index (χ3v) is 3.62. The zero-order chi connectivity index (χ0) is 19.9. The second kappa shape index (κ2) is 8.72. The number of anilines is 2. The van der Waals surface area contributed by atoms with E-state index in [1.54, 1.807) is 42.5 Å². The van der Waals surface area contributed by atoms with Crippen molar-refractivity contribution in [3.05, 3.63) is 72.3 Å². The Bertz CT molecular complexity index is 993. The summed E-state index contributed by atoms with van der Waals surface area (Å²) < 4.78 is 19.2.